The van der Waals surface area contributed by atoms with Crippen LogP contribution in [0.2, 0.25) is 0 Å². The summed E-state index contributed by atoms with van der Waals surface area (Å²) < 4.78 is 0. The predicted molar refractivity (Wildman–Crippen MR) is 75.3 cm³/mol. The molecule has 1 aliphatic heterocycles. The number of nitrogens with zero attached hydrogens (tertiary/aromatic N) is 2. The number of halogens is 1. The molecule has 2 atom stereocenters. The molecule has 0 amide bonds. The summed E-state index contributed by atoms with van der Waals surface area (Å²) in [5.74, 6) is 0.498. The second-order valence-electron chi connectivity index (χ2n) is 4.72. The molecule has 7 heteroatoms. The van der Waals surface area contributed by atoms with E-state index >= 15 is 0 Å². The Morgan fingerprint density at radius 2 is 2.39 bits per heavy atom. The summed E-state index contributed by atoms with van der Waals surface area (Å²) in [7, 11) is 0. The van der Waals surface area contributed by atoms with Crippen molar-refractivity contribution in [3.8, 4) is 0 Å². The zero-order valence-corrected chi connectivity index (χ0v) is 11.9. The fourth-order valence-electron chi connectivity index (χ4n) is 2.19. The molecule has 0 saturated carbocycles. The van der Waals surface area contributed by atoms with E-state index in [4.69, 9.17) is 5.73 Å². The van der Waals surface area contributed by atoms with Crippen LogP contribution in [0.5, 0.6) is 0 Å². The molecule has 1 aromatic heterocycles. The minimum atomic E-state index is -0.330. The molecule has 1 aromatic rings. The Morgan fingerprint density at radius 1 is 1.67 bits per heavy atom. The lowest BCUT2D eigenvalue weighted by atomic mass is 9.95. The van der Waals surface area contributed by atoms with Gasteiger partial charge in [-0.2, -0.15) is 0 Å². The van der Waals surface area contributed by atoms with Crippen LogP contribution in [0.4, 0.5) is 5.00 Å². The smallest absolute Gasteiger partial charge is 0.324 e. The summed E-state index contributed by atoms with van der Waals surface area (Å²) in [6.07, 6.45) is 1.01. The van der Waals surface area contributed by atoms with E-state index in [9.17, 15) is 10.1 Å². The molecule has 102 valence electrons. The highest BCUT2D eigenvalue weighted by molar-refractivity contribution is 7.13. The number of nitro groups is 1. The average molecular weight is 292 g/mol. The number of nitrogens with two attached hydrogens (primary N) is 1. The fraction of sp³-hybridized carbons (Fsp3) is 0.636. The highest BCUT2D eigenvalue weighted by atomic mass is 35.5. The highest BCUT2D eigenvalue weighted by Gasteiger charge is 2.23. The molecule has 1 aliphatic rings. The van der Waals surface area contributed by atoms with Crippen LogP contribution < -0.4 is 5.73 Å². The van der Waals surface area contributed by atoms with Gasteiger partial charge in [0.1, 0.15) is 0 Å². The van der Waals surface area contributed by atoms with Gasteiger partial charge in [-0.05, 0) is 24.4 Å². The van der Waals surface area contributed by atoms with Crippen LogP contribution in [-0.2, 0) is 6.54 Å². The SMILES string of the molecule is CC1CN(Cc2csc([N+](=O)[O-])c2)CCC1N.Cl. The van der Waals surface area contributed by atoms with E-state index in [0.717, 1.165) is 31.6 Å². The third-order valence-corrected chi connectivity index (χ3v) is 4.21. The third-order valence-electron chi connectivity index (χ3n) is 3.28. The first-order chi connectivity index (χ1) is 8.06. The first-order valence-corrected chi connectivity index (χ1v) is 6.64. The van der Waals surface area contributed by atoms with Crippen molar-refractivity contribution in [2.75, 3.05) is 13.1 Å². The van der Waals surface area contributed by atoms with Crippen molar-refractivity contribution in [2.24, 2.45) is 11.7 Å². The normalized spacial score (nSPS) is 24.6. The first-order valence-electron chi connectivity index (χ1n) is 5.76. The van der Waals surface area contributed by atoms with Gasteiger partial charge < -0.3 is 5.73 Å². The fourth-order valence-corrected chi connectivity index (χ4v) is 2.91. The van der Waals surface area contributed by atoms with Crippen LogP contribution in [0.1, 0.15) is 18.9 Å². The van der Waals surface area contributed by atoms with Crippen LogP contribution in [0.25, 0.3) is 0 Å². The van der Waals surface area contributed by atoms with E-state index in [1.807, 2.05) is 5.38 Å². The van der Waals surface area contributed by atoms with E-state index < -0.39 is 0 Å². The van der Waals surface area contributed by atoms with Gasteiger partial charge >= 0.3 is 5.00 Å². The summed E-state index contributed by atoms with van der Waals surface area (Å²) in [5.41, 5.74) is 7.00. The molecule has 2 rings (SSSR count). The third kappa shape index (κ3) is 3.65. The molecule has 5 nitrogen and oxygen atoms in total. The van der Waals surface area contributed by atoms with Gasteiger partial charge in [0.2, 0.25) is 0 Å². The van der Waals surface area contributed by atoms with Crippen molar-refractivity contribution in [3.05, 3.63) is 27.1 Å². The van der Waals surface area contributed by atoms with Gasteiger partial charge in [-0.3, -0.25) is 15.0 Å². The topological polar surface area (TPSA) is 72.4 Å². The van der Waals surface area contributed by atoms with Crippen LogP contribution in [0.15, 0.2) is 11.4 Å². The van der Waals surface area contributed by atoms with E-state index in [0.29, 0.717) is 12.0 Å². The van der Waals surface area contributed by atoms with E-state index in [-0.39, 0.29) is 22.3 Å². The summed E-state index contributed by atoms with van der Waals surface area (Å²) in [4.78, 5) is 12.6. The number of likely N-dealkylation sites (tertiary alicyclic amines) is 1. The lowest BCUT2D eigenvalue weighted by Gasteiger charge is -2.34. The number of piperidine rings is 1. The Balaban J connectivity index is 0.00000162. The maximum Gasteiger partial charge on any atom is 0.324 e. The molecule has 0 bridgehead atoms. The summed E-state index contributed by atoms with van der Waals surface area (Å²) >= 11 is 1.20. The van der Waals surface area contributed by atoms with Gasteiger partial charge in [-0.25, -0.2) is 0 Å². The second kappa shape index (κ2) is 6.47. The van der Waals surface area contributed by atoms with Crippen LogP contribution in [0, 0.1) is 16.0 Å². The van der Waals surface area contributed by atoms with Gasteiger partial charge in [0, 0.05) is 30.6 Å². The summed E-state index contributed by atoms with van der Waals surface area (Å²) in [6.45, 7) is 4.91. The molecular weight excluding hydrogens is 274 g/mol. The molecule has 2 unspecified atom stereocenters. The quantitative estimate of drug-likeness (QED) is 0.685. The van der Waals surface area contributed by atoms with E-state index in [1.54, 1.807) is 6.07 Å². The zero-order chi connectivity index (χ0) is 12.4. The van der Waals surface area contributed by atoms with Crippen molar-refractivity contribution in [3.63, 3.8) is 0 Å². The molecule has 0 radical (unpaired) electrons. The maximum absolute atomic E-state index is 10.6. The maximum atomic E-state index is 10.6. The van der Waals surface area contributed by atoms with Gasteiger partial charge in [-0.1, -0.05) is 18.3 Å². The number of hydrogen-bond acceptors (Lipinski definition) is 5. The Bertz CT molecular complexity index is 413. The molecule has 2 heterocycles. The van der Waals surface area contributed by atoms with Crippen molar-refractivity contribution in [1.29, 1.82) is 0 Å². The van der Waals surface area contributed by atoms with E-state index in [1.165, 1.54) is 11.3 Å². The zero-order valence-electron chi connectivity index (χ0n) is 10.2. The molecule has 0 aromatic carbocycles. The standard InChI is InChI=1S/C11H17N3O2S.ClH/c1-8-5-13(3-2-10(8)12)6-9-4-11(14(15)16)17-7-9;/h4,7-8,10H,2-3,5-6,12H2,1H3;1H. The van der Waals surface area contributed by atoms with Gasteiger partial charge in [0.05, 0.1) is 4.92 Å². The van der Waals surface area contributed by atoms with Crippen LogP contribution >= 0.6 is 23.7 Å². The molecule has 1 saturated heterocycles. The summed E-state index contributed by atoms with van der Waals surface area (Å²) in [6, 6.07) is 1.97. The minimum absolute atomic E-state index is 0. The van der Waals surface area contributed by atoms with Crippen molar-refractivity contribution in [1.82, 2.24) is 4.90 Å². The van der Waals surface area contributed by atoms with Crippen molar-refractivity contribution >= 4 is 28.7 Å². The number of hydrogen-bond donors (Lipinski definition) is 1. The average Bonchev–Trinajstić information content (AvgIpc) is 2.72. The van der Waals surface area contributed by atoms with Crippen LogP contribution in [0.3, 0.4) is 0 Å². The molecule has 0 spiro atoms. The molecular formula is C11H18ClN3O2S. The van der Waals surface area contributed by atoms with Crippen LogP contribution in [-0.4, -0.2) is 29.0 Å². The molecule has 18 heavy (non-hydrogen) atoms. The summed E-state index contributed by atoms with van der Waals surface area (Å²) in [5, 5.41) is 12.7. The molecule has 2 N–H and O–H groups in total. The number of rotatable bonds is 3. The van der Waals surface area contributed by atoms with Gasteiger partial charge in [-0.15, -0.1) is 12.4 Å². The van der Waals surface area contributed by atoms with Gasteiger partial charge in [0.25, 0.3) is 0 Å². The van der Waals surface area contributed by atoms with Crippen molar-refractivity contribution in [2.45, 2.75) is 25.9 Å². The highest BCUT2D eigenvalue weighted by Crippen LogP contribution is 2.25. The molecule has 1 fully saturated rings. The Kier molecular flexibility index (Phi) is 5.52. The second-order valence-corrected chi connectivity index (χ2v) is 5.60. The van der Waals surface area contributed by atoms with E-state index in [2.05, 4.69) is 11.8 Å². The largest absolute Gasteiger partial charge is 0.327 e. The Morgan fingerprint density at radius 3 is 2.94 bits per heavy atom. The molecule has 0 aliphatic carbocycles. The minimum Gasteiger partial charge on any atom is -0.327 e. The monoisotopic (exact) mass is 291 g/mol. The first kappa shape index (κ1) is 15.4. The van der Waals surface area contributed by atoms with Gasteiger partial charge in [0.15, 0.2) is 0 Å². The lowest BCUT2D eigenvalue weighted by Crippen LogP contribution is -2.45. The predicted octanol–water partition coefficient (Wildman–Crippen LogP) is 2.25. The lowest BCUT2D eigenvalue weighted by molar-refractivity contribution is -0.380. The Labute approximate surface area is 117 Å². The Hall–Kier alpha value is -0.690. The number of thiophene rings is 1. The van der Waals surface area contributed by atoms with Crippen molar-refractivity contribution < 1.29 is 4.92 Å².